The summed E-state index contributed by atoms with van der Waals surface area (Å²) in [6.45, 7) is 4.42. The van der Waals surface area contributed by atoms with Gasteiger partial charge in [-0.25, -0.2) is 9.48 Å². The first-order chi connectivity index (χ1) is 17.9. The van der Waals surface area contributed by atoms with E-state index in [0.717, 1.165) is 33.9 Å². The second-order valence-corrected chi connectivity index (χ2v) is 8.51. The van der Waals surface area contributed by atoms with Crippen molar-refractivity contribution < 1.29 is 23.8 Å². The van der Waals surface area contributed by atoms with Crippen LogP contribution in [-0.4, -0.2) is 33.8 Å². The van der Waals surface area contributed by atoms with Crippen molar-refractivity contribution in [2.75, 3.05) is 7.11 Å². The molecule has 0 aliphatic heterocycles. The summed E-state index contributed by atoms with van der Waals surface area (Å²) in [6, 6.07) is 20.2. The molecular formula is C29H29N3O5. The van der Waals surface area contributed by atoms with Crippen LogP contribution in [0.2, 0.25) is 0 Å². The lowest BCUT2D eigenvalue weighted by atomic mass is 10.1. The van der Waals surface area contributed by atoms with Crippen LogP contribution in [0, 0.1) is 13.8 Å². The Balaban J connectivity index is 1.32. The van der Waals surface area contributed by atoms with Gasteiger partial charge in [0.1, 0.15) is 19.0 Å². The summed E-state index contributed by atoms with van der Waals surface area (Å²) in [4.78, 5) is 28.3. The first-order valence-corrected chi connectivity index (χ1v) is 12.0. The lowest BCUT2D eigenvalue weighted by Crippen LogP contribution is -2.06. The van der Waals surface area contributed by atoms with Crippen LogP contribution in [0.25, 0.3) is 5.69 Å². The number of methoxy groups -OCH3 is 1. The Morgan fingerprint density at radius 2 is 1.68 bits per heavy atom. The van der Waals surface area contributed by atoms with Crippen LogP contribution in [0.1, 0.15) is 45.0 Å². The van der Waals surface area contributed by atoms with Gasteiger partial charge in [-0.15, -0.1) is 0 Å². The quantitative estimate of drug-likeness (QED) is 0.286. The number of carbonyl (C=O) groups is 2. The average Bonchev–Trinajstić information content (AvgIpc) is 3.23. The molecule has 0 amide bonds. The Morgan fingerprint density at radius 3 is 2.35 bits per heavy atom. The van der Waals surface area contributed by atoms with Crippen molar-refractivity contribution in [2.45, 2.75) is 39.9 Å². The van der Waals surface area contributed by atoms with Crippen molar-refractivity contribution in [2.24, 2.45) is 0 Å². The minimum absolute atomic E-state index is 0.155. The molecular weight excluding hydrogens is 470 g/mol. The molecule has 0 saturated heterocycles. The molecule has 2 aromatic heterocycles. The second-order valence-electron chi connectivity index (χ2n) is 8.51. The van der Waals surface area contributed by atoms with Gasteiger partial charge in [0.15, 0.2) is 0 Å². The lowest BCUT2D eigenvalue weighted by Gasteiger charge is -2.09. The summed E-state index contributed by atoms with van der Waals surface area (Å²) in [5.74, 6) is 0.0578. The maximum absolute atomic E-state index is 12.6. The first-order valence-electron chi connectivity index (χ1n) is 12.0. The summed E-state index contributed by atoms with van der Waals surface area (Å²) in [7, 11) is 1.38. The van der Waals surface area contributed by atoms with E-state index in [0.29, 0.717) is 30.8 Å². The minimum Gasteiger partial charge on any atom is -0.487 e. The lowest BCUT2D eigenvalue weighted by molar-refractivity contribution is -0.140. The molecule has 0 unspecified atom stereocenters. The highest BCUT2D eigenvalue weighted by molar-refractivity contribution is 5.89. The number of aromatic nitrogens is 3. The van der Waals surface area contributed by atoms with Gasteiger partial charge in [-0.2, -0.15) is 5.10 Å². The SMILES string of the molecule is COC(=O)CCc1c(C)nn(-c2ccc(C(=O)OCc3ccc(OCc4ccccn4)cc3)cc2)c1C. The number of aryl methyl sites for hydroxylation is 1. The fourth-order valence-electron chi connectivity index (χ4n) is 3.91. The number of pyridine rings is 1. The number of ether oxygens (including phenoxy) is 3. The highest BCUT2D eigenvalue weighted by atomic mass is 16.5. The van der Waals surface area contributed by atoms with Crippen LogP contribution in [0.4, 0.5) is 0 Å². The zero-order valence-electron chi connectivity index (χ0n) is 21.1. The van der Waals surface area contributed by atoms with Crippen molar-refractivity contribution in [1.29, 1.82) is 0 Å². The molecule has 0 bridgehead atoms. The van der Waals surface area contributed by atoms with E-state index >= 15 is 0 Å². The standard InChI is InChI=1S/C29H29N3O5/c1-20-27(15-16-28(33)35-3)21(2)32(31-20)25-11-9-23(10-12-25)29(34)37-18-22-7-13-26(14-8-22)36-19-24-6-4-5-17-30-24/h4-14,17H,15-16,18-19H2,1-3H3. The van der Waals surface area contributed by atoms with E-state index in [4.69, 9.17) is 14.2 Å². The van der Waals surface area contributed by atoms with Gasteiger partial charge in [0, 0.05) is 18.3 Å². The third-order valence-electron chi connectivity index (χ3n) is 6.00. The molecule has 190 valence electrons. The summed E-state index contributed by atoms with van der Waals surface area (Å²) >= 11 is 0. The third kappa shape index (κ3) is 6.61. The van der Waals surface area contributed by atoms with Crippen LogP contribution in [0.3, 0.4) is 0 Å². The van der Waals surface area contributed by atoms with E-state index in [2.05, 4.69) is 10.1 Å². The molecule has 2 aromatic carbocycles. The van der Waals surface area contributed by atoms with Crippen LogP contribution in [-0.2, 0) is 33.9 Å². The molecule has 0 spiro atoms. The number of hydrogen-bond acceptors (Lipinski definition) is 7. The number of carbonyl (C=O) groups excluding carboxylic acids is 2. The number of benzene rings is 2. The van der Waals surface area contributed by atoms with E-state index < -0.39 is 5.97 Å². The van der Waals surface area contributed by atoms with Crippen LogP contribution in [0.5, 0.6) is 5.75 Å². The average molecular weight is 500 g/mol. The van der Waals surface area contributed by atoms with Gasteiger partial charge in [-0.3, -0.25) is 9.78 Å². The van der Waals surface area contributed by atoms with Gasteiger partial charge in [-0.05, 0) is 79.9 Å². The fourth-order valence-corrected chi connectivity index (χ4v) is 3.91. The first kappa shape index (κ1) is 25.6. The normalized spacial score (nSPS) is 10.7. The highest BCUT2D eigenvalue weighted by Gasteiger charge is 2.15. The summed E-state index contributed by atoms with van der Waals surface area (Å²) in [5, 5.41) is 4.61. The Kier molecular flexibility index (Phi) is 8.30. The molecule has 0 radical (unpaired) electrons. The topological polar surface area (TPSA) is 92.5 Å². The smallest absolute Gasteiger partial charge is 0.338 e. The Bertz CT molecular complexity index is 1350. The molecule has 2 heterocycles. The van der Waals surface area contributed by atoms with E-state index in [-0.39, 0.29) is 12.6 Å². The molecule has 4 rings (SSSR count). The van der Waals surface area contributed by atoms with Gasteiger partial charge in [-0.1, -0.05) is 18.2 Å². The van der Waals surface area contributed by atoms with Gasteiger partial charge in [0.25, 0.3) is 0 Å². The minimum atomic E-state index is -0.408. The Morgan fingerprint density at radius 1 is 0.919 bits per heavy atom. The molecule has 4 aromatic rings. The molecule has 0 N–H and O–H groups in total. The monoisotopic (exact) mass is 499 g/mol. The number of hydrogen-bond donors (Lipinski definition) is 0. The molecule has 0 atom stereocenters. The van der Waals surface area contributed by atoms with Gasteiger partial charge in [0.05, 0.1) is 29.7 Å². The Labute approximate surface area is 215 Å². The fraction of sp³-hybridized carbons (Fsp3) is 0.241. The molecule has 0 saturated carbocycles. The number of rotatable bonds is 10. The predicted molar refractivity (Wildman–Crippen MR) is 138 cm³/mol. The molecule has 8 nitrogen and oxygen atoms in total. The molecule has 37 heavy (non-hydrogen) atoms. The molecule has 0 aliphatic carbocycles. The van der Waals surface area contributed by atoms with Crippen molar-refractivity contribution in [3.05, 3.63) is 107 Å². The maximum Gasteiger partial charge on any atom is 0.338 e. The third-order valence-corrected chi connectivity index (χ3v) is 6.00. The summed E-state index contributed by atoms with van der Waals surface area (Å²) in [6.07, 6.45) is 2.59. The highest BCUT2D eigenvalue weighted by Crippen LogP contribution is 2.21. The van der Waals surface area contributed by atoms with Crippen LogP contribution in [0.15, 0.2) is 72.9 Å². The zero-order valence-corrected chi connectivity index (χ0v) is 21.1. The molecule has 0 fully saturated rings. The van der Waals surface area contributed by atoms with Crippen molar-refractivity contribution in [3.63, 3.8) is 0 Å². The second kappa shape index (κ2) is 12.0. The maximum atomic E-state index is 12.6. The Hall–Kier alpha value is -4.46. The van der Waals surface area contributed by atoms with Crippen LogP contribution >= 0.6 is 0 Å². The van der Waals surface area contributed by atoms with Gasteiger partial charge < -0.3 is 14.2 Å². The van der Waals surface area contributed by atoms with Crippen molar-refractivity contribution in [3.8, 4) is 11.4 Å². The predicted octanol–water partition coefficient (Wildman–Crippen LogP) is 4.93. The molecule has 0 aliphatic rings. The van der Waals surface area contributed by atoms with Gasteiger partial charge in [0.2, 0.25) is 0 Å². The van der Waals surface area contributed by atoms with Crippen molar-refractivity contribution >= 4 is 11.9 Å². The summed E-state index contributed by atoms with van der Waals surface area (Å²) in [5.41, 5.74) is 5.80. The zero-order chi connectivity index (χ0) is 26.2. The number of nitrogens with zero attached hydrogens (tertiary/aromatic N) is 3. The van der Waals surface area contributed by atoms with E-state index in [1.165, 1.54) is 7.11 Å². The van der Waals surface area contributed by atoms with E-state index in [1.54, 1.807) is 18.3 Å². The van der Waals surface area contributed by atoms with Gasteiger partial charge >= 0.3 is 11.9 Å². The molecule has 8 heteroatoms. The van der Waals surface area contributed by atoms with Crippen LogP contribution < -0.4 is 4.74 Å². The largest absolute Gasteiger partial charge is 0.487 e. The van der Waals surface area contributed by atoms with Crippen molar-refractivity contribution in [1.82, 2.24) is 14.8 Å². The van der Waals surface area contributed by atoms with E-state index in [1.807, 2.05) is 73.1 Å². The number of esters is 2. The summed E-state index contributed by atoms with van der Waals surface area (Å²) < 4.78 is 17.8. The van der Waals surface area contributed by atoms with E-state index in [9.17, 15) is 9.59 Å².